The van der Waals surface area contributed by atoms with Crippen molar-refractivity contribution in [3.63, 3.8) is 0 Å². The second-order valence-electron chi connectivity index (χ2n) is 10.5. The van der Waals surface area contributed by atoms with E-state index in [1.165, 1.54) is 23.1 Å². The number of alkyl halides is 3. The van der Waals surface area contributed by atoms with Gasteiger partial charge in [-0.3, -0.25) is 0 Å². The average Bonchev–Trinajstić information content (AvgIpc) is 3.61. The minimum Gasteiger partial charge on any atom is -0.444 e. The molecule has 1 saturated heterocycles. The van der Waals surface area contributed by atoms with Crippen LogP contribution in [0, 0.1) is 5.82 Å². The van der Waals surface area contributed by atoms with Crippen molar-refractivity contribution in [2.75, 3.05) is 24.5 Å². The number of nitrogens with zero attached hydrogens (tertiary/aromatic N) is 4. The second-order valence-corrected chi connectivity index (χ2v) is 10.5. The Bertz CT molecular complexity index is 1130. The highest BCUT2D eigenvalue weighted by molar-refractivity contribution is 5.69. The van der Waals surface area contributed by atoms with E-state index >= 15 is 0 Å². The highest BCUT2D eigenvalue weighted by Gasteiger charge is 2.43. The summed E-state index contributed by atoms with van der Waals surface area (Å²) in [4.78, 5) is 23.6. The molecule has 1 aliphatic carbocycles. The van der Waals surface area contributed by atoms with Crippen LogP contribution >= 0.6 is 0 Å². The van der Waals surface area contributed by atoms with Gasteiger partial charge in [-0.15, -0.1) is 0 Å². The number of hydrogen-bond acceptors (Lipinski definition) is 7. The maximum Gasteiger partial charge on any atom is 0.433 e. The summed E-state index contributed by atoms with van der Waals surface area (Å²) >= 11 is 0. The van der Waals surface area contributed by atoms with Crippen molar-refractivity contribution >= 4 is 12.0 Å². The summed E-state index contributed by atoms with van der Waals surface area (Å²) in [6, 6.07) is 5.64. The van der Waals surface area contributed by atoms with Gasteiger partial charge < -0.3 is 24.4 Å². The zero-order valence-corrected chi connectivity index (χ0v) is 20.9. The molecule has 1 aliphatic heterocycles. The predicted octanol–water partition coefficient (Wildman–Crippen LogP) is 5.16. The van der Waals surface area contributed by atoms with E-state index in [0.29, 0.717) is 6.07 Å². The quantitative estimate of drug-likeness (QED) is 0.521. The Hall–Kier alpha value is -3.15. The summed E-state index contributed by atoms with van der Waals surface area (Å²) in [5.41, 5.74) is -3.12. The van der Waals surface area contributed by atoms with Crippen LogP contribution in [0.15, 0.2) is 30.3 Å². The normalized spacial score (nSPS) is 17.9. The van der Waals surface area contributed by atoms with E-state index in [2.05, 4.69) is 9.97 Å². The molecule has 12 heteroatoms. The standard InChI is InChI=1S/C25H30F4N4O4/c1-23(2,3)37-22(34)33(17-7-8-17)15-24(35)9-11-32(12-10-24)21-30-19(25(27,28)29)14-20(31-21)36-18-6-4-5-16(26)13-18/h4-6,13-14,17,35H,7-12,15H2,1-3H3. The van der Waals surface area contributed by atoms with Crippen molar-refractivity contribution in [1.29, 1.82) is 0 Å². The zero-order valence-electron chi connectivity index (χ0n) is 20.9. The van der Waals surface area contributed by atoms with Crippen LogP contribution in [0.3, 0.4) is 0 Å². The fourth-order valence-corrected chi connectivity index (χ4v) is 4.05. The Kier molecular flexibility index (Phi) is 7.24. The molecule has 0 bridgehead atoms. The number of carbonyl (C=O) groups excluding carboxylic acids is 1. The SMILES string of the molecule is CC(C)(C)OC(=O)N(CC1(O)CCN(c2nc(Oc3cccc(F)c3)cc(C(F)(F)F)n2)CC1)C1CC1. The number of piperidine rings is 1. The molecule has 1 amide bonds. The molecular formula is C25H30F4N4O4. The van der Waals surface area contributed by atoms with Crippen molar-refractivity contribution in [3.8, 4) is 11.6 Å². The highest BCUT2D eigenvalue weighted by atomic mass is 19.4. The highest BCUT2D eigenvalue weighted by Crippen LogP contribution is 2.35. The van der Waals surface area contributed by atoms with E-state index < -0.39 is 35.0 Å². The summed E-state index contributed by atoms with van der Waals surface area (Å²) in [5.74, 6) is -1.21. The number of hydrogen-bond donors (Lipinski definition) is 1. The number of carbonyl (C=O) groups is 1. The van der Waals surface area contributed by atoms with Gasteiger partial charge in [0.2, 0.25) is 11.8 Å². The Morgan fingerprint density at radius 3 is 2.41 bits per heavy atom. The topological polar surface area (TPSA) is 88.0 Å². The lowest BCUT2D eigenvalue weighted by Gasteiger charge is -2.41. The van der Waals surface area contributed by atoms with Crippen LogP contribution in [0.1, 0.15) is 52.1 Å². The molecule has 0 atom stereocenters. The fraction of sp³-hybridized carbons (Fsp3) is 0.560. The van der Waals surface area contributed by atoms with E-state index in [1.54, 1.807) is 25.7 Å². The van der Waals surface area contributed by atoms with E-state index in [-0.39, 0.29) is 56.1 Å². The van der Waals surface area contributed by atoms with E-state index in [1.807, 2.05) is 0 Å². The Morgan fingerprint density at radius 1 is 1.16 bits per heavy atom. The van der Waals surface area contributed by atoms with Crippen LogP contribution in [-0.4, -0.2) is 62.9 Å². The number of aromatic nitrogens is 2. The van der Waals surface area contributed by atoms with Crippen LogP contribution in [0.2, 0.25) is 0 Å². The van der Waals surface area contributed by atoms with Gasteiger partial charge in [-0.2, -0.15) is 18.2 Å². The first-order valence-electron chi connectivity index (χ1n) is 12.1. The van der Waals surface area contributed by atoms with Gasteiger partial charge >= 0.3 is 12.3 Å². The summed E-state index contributed by atoms with van der Waals surface area (Å²) < 4.78 is 65.0. The summed E-state index contributed by atoms with van der Waals surface area (Å²) in [6.07, 6.45) is -3.24. The minimum atomic E-state index is -4.76. The van der Waals surface area contributed by atoms with Crippen LogP contribution in [0.5, 0.6) is 11.6 Å². The Balaban J connectivity index is 1.48. The van der Waals surface area contributed by atoms with Crippen LogP contribution in [0.4, 0.5) is 28.3 Å². The molecule has 1 aromatic carbocycles. The molecule has 202 valence electrons. The number of ether oxygens (including phenoxy) is 2. The van der Waals surface area contributed by atoms with Gasteiger partial charge in [0.05, 0.1) is 12.1 Å². The number of rotatable bonds is 6. The van der Waals surface area contributed by atoms with Crippen molar-refractivity contribution in [1.82, 2.24) is 14.9 Å². The van der Waals surface area contributed by atoms with Crippen molar-refractivity contribution in [2.24, 2.45) is 0 Å². The number of amides is 1. The van der Waals surface area contributed by atoms with Gasteiger partial charge in [0.1, 0.15) is 17.2 Å². The van der Waals surface area contributed by atoms with Gasteiger partial charge in [0.25, 0.3) is 0 Å². The molecule has 1 N–H and O–H groups in total. The molecule has 4 rings (SSSR count). The summed E-state index contributed by atoms with van der Waals surface area (Å²) in [7, 11) is 0. The molecule has 0 radical (unpaired) electrons. The van der Waals surface area contributed by atoms with Gasteiger partial charge in [-0.05, 0) is 58.6 Å². The Morgan fingerprint density at radius 2 is 1.84 bits per heavy atom. The van der Waals surface area contributed by atoms with Crippen molar-refractivity contribution < 1.29 is 36.9 Å². The molecule has 0 spiro atoms. The average molecular weight is 527 g/mol. The van der Waals surface area contributed by atoms with Crippen LogP contribution in [-0.2, 0) is 10.9 Å². The van der Waals surface area contributed by atoms with Gasteiger partial charge in [0, 0.05) is 31.3 Å². The smallest absolute Gasteiger partial charge is 0.433 e. The summed E-state index contributed by atoms with van der Waals surface area (Å²) in [5, 5.41) is 11.2. The molecule has 2 fully saturated rings. The van der Waals surface area contributed by atoms with E-state index in [0.717, 1.165) is 18.9 Å². The lowest BCUT2D eigenvalue weighted by atomic mass is 9.91. The van der Waals surface area contributed by atoms with Crippen LogP contribution < -0.4 is 9.64 Å². The molecule has 2 heterocycles. The monoisotopic (exact) mass is 526 g/mol. The first kappa shape index (κ1) is 26.9. The van der Waals surface area contributed by atoms with E-state index in [9.17, 15) is 27.5 Å². The van der Waals surface area contributed by atoms with Gasteiger partial charge in [0.15, 0.2) is 5.69 Å². The molecular weight excluding hydrogens is 496 g/mol. The number of benzene rings is 1. The number of anilines is 1. The molecule has 1 saturated carbocycles. The third-order valence-electron chi connectivity index (χ3n) is 6.06. The van der Waals surface area contributed by atoms with Gasteiger partial charge in [-0.1, -0.05) is 6.07 Å². The molecule has 8 nitrogen and oxygen atoms in total. The third-order valence-corrected chi connectivity index (χ3v) is 6.06. The largest absolute Gasteiger partial charge is 0.444 e. The Labute approximate surface area is 212 Å². The first-order chi connectivity index (χ1) is 17.2. The van der Waals surface area contributed by atoms with Crippen LogP contribution in [0.25, 0.3) is 0 Å². The maximum absolute atomic E-state index is 13.5. The summed E-state index contributed by atoms with van der Waals surface area (Å²) in [6.45, 7) is 5.69. The fourth-order valence-electron chi connectivity index (χ4n) is 4.05. The number of halogens is 4. The molecule has 1 aromatic heterocycles. The lowest BCUT2D eigenvalue weighted by Crippen LogP contribution is -2.53. The molecule has 2 aliphatic rings. The first-order valence-corrected chi connectivity index (χ1v) is 12.1. The molecule has 2 aromatic rings. The maximum atomic E-state index is 13.5. The second kappa shape index (κ2) is 9.96. The van der Waals surface area contributed by atoms with Gasteiger partial charge in [-0.25, -0.2) is 14.2 Å². The lowest BCUT2D eigenvalue weighted by molar-refractivity contribution is -0.141. The van der Waals surface area contributed by atoms with Crippen molar-refractivity contribution in [3.05, 3.63) is 41.8 Å². The van der Waals surface area contributed by atoms with E-state index in [4.69, 9.17) is 9.47 Å². The number of aliphatic hydroxyl groups is 1. The molecule has 37 heavy (non-hydrogen) atoms. The predicted molar refractivity (Wildman–Crippen MR) is 126 cm³/mol. The zero-order chi connectivity index (χ0) is 27.0. The molecule has 0 unspecified atom stereocenters. The minimum absolute atomic E-state index is 0.00577. The van der Waals surface area contributed by atoms with Crippen molar-refractivity contribution in [2.45, 2.75) is 69.9 Å². The third kappa shape index (κ3) is 7.21.